The van der Waals surface area contributed by atoms with Gasteiger partial charge in [0, 0.05) is 10.9 Å². The van der Waals surface area contributed by atoms with Gasteiger partial charge in [0.2, 0.25) is 5.13 Å². The average Bonchev–Trinajstić information content (AvgIpc) is 3.46. The number of aromatic nitrogens is 1. The van der Waals surface area contributed by atoms with Crippen LogP contribution in [0.5, 0.6) is 5.75 Å². The smallest absolute Gasteiger partial charge is 0.438 e. The van der Waals surface area contributed by atoms with Gasteiger partial charge in [-0.1, -0.05) is 0 Å². The molecule has 3 aromatic rings. The molecule has 0 spiro atoms. The number of rotatable bonds is 5. The number of benzene rings is 1. The van der Waals surface area contributed by atoms with Crippen molar-refractivity contribution in [3.05, 3.63) is 59.9 Å². The number of allylic oxidation sites excluding steroid dienone is 1. The summed E-state index contributed by atoms with van der Waals surface area (Å²) in [7, 11) is 1.54. The molecule has 6 nitrogen and oxygen atoms in total. The number of hydrazone groups is 1. The summed E-state index contributed by atoms with van der Waals surface area (Å²) in [5.74, 6) is 1.11. The van der Waals surface area contributed by atoms with Crippen molar-refractivity contribution in [2.45, 2.75) is 18.3 Å². The average molecular weight is 435 g/mol. The largest absolute Gasteiger partial charge is 0.497 e. The maximum atomic E-state index is 13.7. The molecule has 30 heavy (non-hydrogen) atoms. The number of hydrogen-bond acceptors (Lipinski definition) is 7. The van der Waals surface area contributed by atoms with E-state index in [1.165, 1.54) is 25.5 Å². The van der Waals surface area contributed by atoms with E-state index in [1.54, 1.807) is 41.8 Å². The molecule has 0 amide bonds. The standard InChI is InChI=1S/C20H16F3N3O3S/c1-28-15-7-4-13(5-8-15)17-12-30-18(24-17)26-19(27,20(21,22)23)11-14(25-26)6-9-16-3-2-10-29-16/h2-10,12,27H,11H2,1H3/b9-6+/t19-/m0/s1. The van der Waals surface area contributed by atoms with Crippen LogP contribution in [0, 0.1) is 0 Å². The fourth-order valence-electron chi connectivity index (χ4n) is 2.91. The minimum Gasteiger partial charge on any atom is -0.497 e. The Morgan fingerprint density at radius 3 is 2.63 bits per heavy atom. The first-order valence-electron chi connectivity index (χ1n) is 8.78. The van der Waals surface area contributed by atoms with Crippen LogP contribution in [0.15, 0.2) is 63.6 Å². The van der Waals surface area contributed by atoms with Crippen molar-refractivity contribution in [3.63, 3.8) is 0 Å². The molecular formula is C20H16F3N3O3S. The molecule has 1 atom stereocenters. The van der Waals surface area contributed by atoms with Crippen LogP contribution < -0.4 is 9.75 Å². The third-order valence-corrected chi connectivity index (χ3v) is 5.32. The van der Waals surface area contributed by atoms with Gasteiger partial charge in [0.25, 0.3) is 5.72 Å². The molecule has 1 aliphatic rings. The second-order valence-corrected chi connectivity index (χ2v) is 7.32. The molecule has 156 valence electrons. The maximum Gasteiger partial charge on any atom is 0.438 e. The van der Waals surface area contributed by atoms with E-state index in [4.69, 9.17) is 9.15 Å². The topological polar surface area (TPSA) is 71.1 Å². The Morgan fingerprint density at radius 2 is 2.00 bits per heavy atom. The van der Waals surface area contributed by atoms with Crippen molar-refractivity contribution in [3.8, 4) is 17.0 Å². The number of methoxy groups -OCH3 is 1. The number of furan rings is 1. The highest BCUT2D eigenvalue weighted by atomic mass is 32.1. The zero-order valence-corrected chi connectivity index (χ0v) is 16.4. The second kappa shape index (κ2) is 7.62. The summed E-state index contributed by atoms with van der Waals surface area (Å²) in [6.07, 6.45) is -1.35. The monoisotopic (exact) mass is 435 g/mol. The number of thiazole rings is 1. The van der Waals surface area contributed by atoms with Gasteiger partial charge >= 0.3 is 6.18 Å². The van der Waals surface area contributed by atoms with Crippen molar-refractivity contribution in [1.29, 1.82) is 0 Å². The van der Waals surface area contributed by atoms with E-state index < -0.39 is 18.3 Å². The van der Waals surface area contributed by atoms with Crippen LogP contribution in [0.25, 0.3) is 17.3 Å². The lowest BCUT2D eigenvalue weighted by atomic mass is 10.1. The number of anilines is 1. The summed E-state index contributed by atoms with van der Waals surface area (Å²) < 4.78 is 51.4. The highest BCUT2D eigenvalue weighted by molar-refractivity contribution is 7.14. The highest BCUT2D eigenvalue weighted by Crippen LogP contribution is 2.44. The zero-order valence-electron chi connectivity index (χ0n) is 15.6. The Morgan fingerprint density at radius 1 is 1.23 bits per heavy atom. The SMILES string of the molecule is COc1ccc(-c2csc(N3N=C(/C=C/c4ccco4)C[C@]3(O)C(F)(F)F)n2)cc1. The molecule has 1 N–H and O–H groups in total. The third-order valence-electron chi connectivity index (χ3n) is 4.50. The van der Waals surface area contributed by atoms with E-state index in [0.717, 1.165) is 11.3 Å². The molecule has 10 heteroatoms. The first-order valence-corrected chi connectivity index (χ1v) is 9.66. The number of nitrogens with zero attached hydrogens (tertiary/aromatic N) is 3. The first kappa shape index (κ1) is 20.2. The summed E-state index contributed by atoms with van der Waals surface area (Å²) in [5, 5.41) is 16.6. The fraction of sp³-hybridized carbons (Fsp3) is 0.200. The van der Waals surface area contributed by atoms with Gasteiger partial charge in [-0.05, 0) is 48.6 Å². The molecule has 4 rings (SSSR count). The van der Waals surface area contributed by atoms with Crippen LogP contribution in [0.3, 0.4) is 0 Å². The number of halogens is 3. The molecule has 2 aromatic heterocycles. The molecule has 0 fully saturated rings. The number of ether oxygens (including phenoxy) is 1. The predicted octanol–water partition coefficient (Wildman–Crippen LogP) is 4.94. The minimum atomic E-state index is -4.94. The molecule has 3 heterocycles. The molecule has 1 aromatic carbocycles. The summed E-state index contributed by atoms with van der Waals surface area (Å²) in [6.45, 7) is 0. The lowest BCUT2D eigenvalue weighted by Crippen LogP contribution is -2.55. The molecule has 0 unspecified atom stereocenters. The van der Waals surface area contributed by atoms with Gasteiger partial charge in [-0.15, -0.1) is 11.3 Å². The number of hydrogen-bond donors (Lipinski definition) is 1. The van der Waals surface area contributed by atoms with Crippen LogP contribution in [0.1, 0.15) is 12.2 Å². The van der Waals surface area contributed by atoms with Gasteiger partial charge in [0.15, 0.2) is 0 Å². The third kappa shape index (κ3) is 3.71. The van der Waals surface area contributed by atoms with Gasteiger partial charge in [0.1, 0.15) is 11.5 Å². The summed E-state index contributed by atoms with van der Waals surface area (Å²) >= 11 is 0.962. The molecule has 0 radical (unpaired) electrons. The van der Waals surface area contributed by atoms with Crippen LogP contribution in [-0.2, 0) is 0 Å². The molecule has 1 aliphatic heterocycles. The van der Waals surface area contributed by atoms with Crippen LogP contribution in [0.2, 0.25) is 0 Å². The van der Waals surface area contributed by atoms with Gasteiger partial charge in [-0.25, -0.2) is 4.98 Å². The quantitative estimate of drug-likeness (QED) is 0.615. The van der Waals surface area contributed by atoms with Crippen LogP contribution >= 0.6 is 11.3 Å². The first-order chi connectivity index (χ1) is 14.3. The summed E-state index contributed by atoms with van der Waals surface area (Å²) in [6, 6.07) is 10.3. The predicted molar refractivity (Wildman–Crippen MR) is 107 cm³/mol. The van der Waals surface area contributed by atoms with Gasteiger partial charge in [-0.3, -0.25) is 0 Å². The van der Waals surface area contributed by atoms with Crippen LogP contribution in [0.4, 0.5) is 18.3 Å². The van der Waals surface area contributed by atoms with Crippen molar-refractivity contribution < 1.29 is 27.4 Å². The number of alkyl halides is 3. The van der Waals surface area contributed by atoms with E-state index in [-0.39, 0.29) is 10.8 Å². The highest BCUT2D eigenvalue weighted by Gasteiger charge is 2.62. The second-order valence-electron chi connectivity index (χ2n) is 6.49. The number of aliphatic hydroxyl groups is 1. The Hall–Kier alpha value is -3.11. The Kier molecular flexibility index (Phi) is 5.12. The Labute approximate surface area is 173 Å². The van der Waals surface area contributed by atoms with Crippen LogP contribution in [-0.4, -0.2) is 34.8 Å². The molecular weight excluding hydrogens is 419 g/mol. The van der Waals surface area contributed by atoms with Crippen molar-refractivity contribution in [2.24, 2.45) is 5.10 Å². The van der Waals surface area contributed by atoms with E-state index >= 15 is 0 Å². The molecule has 0 aliphatic carbocycles. The van der Waals surface area contributed by atoms with Gasteiger partial charge in [0.05, 0.1) is 31.2 Å². The van der Waals surface area contributed by atoms with E-state index in [1.807, 2.05) is 0 Å². The zero-order chi connectivity index (χ0) is 21.4. The molecule has 0 saturated carbocycles. The molecule has 0 saturated heterocycles. The van der Waals surface area contributed by atoms with Gasteiger partial charge < -0.3 is 14.3 Å². The van der Waals surface area contributed by atoms with Crippen molar-refractivity contribution in [2.75, 3.05) is 12.1 Å². The maximum absolute atomic E-state index is 13.7. The van der Waals surface area contributed by atoms with Crippen molar-refractivity contribution in [1.82, 2.24) is 4.98 Å². The Balaban J connectivity index is 1.66. The lowest BCUT2D eigenvalue weighted by molar-refractivity contribution is -0.254. The Bertz CT molecular complexity index is 1070. The fourth-order valence-corrected chi connectivity index (χ4v) is 3.76. The molecule has 0 bridgehead atoms. The minimum absolute atomic E-state index is 0.0485. The van der Waals surface area contributed by atoms with Gasteiger partial charge in [-0.2, -0.15) is 23.3 Å². The summed E-state index contributed by atoms with van der Waals surface area (Å²) in [5.41, 5.74) is -1.97. The van der Waals surface area contributed by atoms with E-state index in [9.17, 15) is 18.3 Å². The van der Waals surface area contributed by atoms with E-state index in [0.29, 0.717) is 27.8 Å². The normalized spacial score (nSPS) is 19.5. The van der Waals surface area contributed by atoms with E-state index in [2.05, 4.69) is 10.1 Å². The lowest BCUT2D eigenvalue weighted by Gasteiger charge is -2.32. The van der Waals surface area contributed by atoms with Crippen molar-refractivity contribution >= 4 is 28.3 Å². The summed E-state index contributed by atoms with van der Waals surface area (Å²) in [4.78, 5) is 4.27.